The molecule has 0 radical (unpaired) electrons. The van der Waals surface area contributed by atoms with E-state index in [0.29, 0.717) is 13.0 Å². The summed E-state index contributed by atoms with van der Waals surface area (Å²) in [6.45, 7) is 2.95. The first-order valence-electron chi connectivity index (χ1n) is 6.86. The summed E-state index contributed by atoms with van der Waals surface area (Å²) in [7, 11) is 1.60. The minimum Gasteiger partial charge on any atom is -0.481 e. The number of likely N-dealkylation sites (N-methyl/N-ethyl adjacent to an activating group) is 1. The maximum absolute atomic E-state index is 12.4. The molecule has 0 aromatic carbocycles. The van der Waals surface area contributed by atoms with Crippen molar-refractivity contribution in [1.29, 1.82) is 0 Å². The molecule has 0 saturated carbocycles. The van der Waals surface area contributed by atoms with Gasteiger partial charge in [0.05, 0.1) is 31.4 Å². The summed E-state index contributed by atoms with van der Waals surface area (Å²) in [5, 5.41) is 19.2. The predicted molar refractivity (Wildman–Crippen MR) is 70.3 cm³/mol. The molecular formula is C13H22N2O5. The number of amides is 2. The molecule has 2 aliphatic rings. The zero-order valence-corrected chi connectivity index (χ0v) is 11.9. The average molecular weight is 286 g/mol. The normalized spacial score (nSPS) is 34.0. The van der Waals surface area contributed by atoms with E-state index < -0.39 is 23.5 Å². The van der Waals surface area contributed by atoms with Crippen LogP contribution in [-0.4, -0.2) is 77.0 Å². The molecule has 0 aromatic rings. The summed E-state index contributed by atoms with van der Waals surface area (Å²) in [6, 6.07) is -0.696. The first kappa shape index (κ1) is 15.1. The summed E-state index contributed by atoms with van der Waals surface area (Å²) >= 11 is 0. The van der Waals surface area contributed by atoms with Crippen LogP contribution in [0.15, 0.2) is 0 Å². The topological polar surface area (TPSA) is 90.3 Å². The standard InChI is InChI=1S/C13H22N2O5/c1-13(19)4-3-5-15(8-13)12(18)14(2)10-7-20-6-9(10)11(16)17/h9-10,19H,3-8H2,1-2H3,(H,16,17). The SMILES string of the molecule is CN(C(=O)N1CCCC(C)(O)C1)C1COCC1C(=O)O. The maximum Gasteiger partial charge on any atom is 0.320 e. The number of carboxylic acids is 1. The molecule has 2 rings (SSSR count). The van der Waals surface area contributed by atoms with Crippen LogP contribution in [0, 0.1) is 5.92 Å². The zero-order chi connectivity index (χ0) is 14.9. The highest BCUT2D eigenvalue weighted by atomic mass is 16.5. The number of carboxylic acid groups (broad SMARTS) is 1. The summed E-state index contributed by atoms with van der Waals surface area (Å²) < 4.78 is 5.19. The van der Waals surface area contributed by atoms with Crippen molar-refractivity contribution in [1.82, 2.24) is 9.80 Å². The number of aliphatic hydroxyl groups is 1. The number of carbonyl (C=O) groups is 2. The van der Waals surface area contributed by atoms with Crippen LogP contribution < -0.4 is 0 Å². The van der Waals surface area contributed by atoms with Crippen LogP contribution in [0.4, 0.5) is 4.79 Å². The van der Waals surface area contributed by atoms with E-state index in [0.717, 1.165) is 6.42 Å². The van der Waals surface area contributed by atoms with Gasteiger partial charge < -0.3 is 24.7 Å². The highest BCUT2D eigenvalue weighted by Crippen LogP contribution is 2.24. The van der Waals surface area contributed by atoms with Crippen molar-refractivity contribution in [2.75, 3.05) is 33.4 Å². The monoisotopic (exact) mass is 286 g/mol. The van der Waals surface area contributed by atoms with E-state index in [1.54, 1.807) is 18.9 Å². The predicted octanol–water partition coefficient (Wildman–Crippen LogP) is -0.0154. The van der Waals surface area contributed by atoms with Gasteiger partial charge in [0.1, 0.15) is 5.92 Å². The van der Waals surface area contributed by atoms with Crippen molar-refractivity contribution in [3.05, 3.63) is 0 Å². The summed E-state index contributed by atoms with van der Waals surface area (Å²) in [4.78, 5) is 26.6. The second kappa shape index (κ2) is 5.57. The Bertz CT molecular complexity index is 398. The molecule has 3 atom stereocenters. The number of ether oxygens (including phenoxy) is 1. The molecular weight excluding hydrogens is 264 g/mol. The van der Waals surface area contributed by atoms with Gasteiger partial charge in [-0.3, -0.25) is 4.79 Å². The molecule has 20 heavy (non-hydrogen) atoms. The molecule has 0 spiro atoms. The number of urea groups is 1. The molecule has 7 nitrogen and oxygen atoms in total. The van der Waals surface area contributed by atoms with Gasteiger partial charge in [0.2, 0.25) is 0 Å². The van der Waals surface area contributed by atoms with Crippen LogP contribution in [0.1, 0.15) is 19.8 Å². The number of β-amino-alcohol motifs (C(OH)–C–C–N with tert-alkyl or cyclic N) is 1. The Morgan fingerprint density at radius 1 is 1.40 bits per heavy atom. The molecule has 0 bridgehead atoms. The number of likely N-dealkylation sites (tertiary alicyclic amines) is 1. The van der Waals surface area contributed by atoms with Crippen LogP contribution in [0.2, 0.25) is 0 Å². The molecule has 2 aliphatic heterocycles. The second-order valence-electron chi connectivity index (χ2n) is 5.97. The molecule has 7 heteroatoms. The smallest absolute Gasteiger partial charge is 0.320 e. The first-order chi connectivity index (χ1) is 9.32. The molecule has 2 heterocycles. The molecule has 2 fully saturated rings. The van der Waals surface area contributed by atoms with Crippen LogP contribution in [0.25, 0.3) is 0 Å². The third kappa shape index (κ3) is 3.04. The quantitative estimate of drug-likeness (QED) is 0.745. The van der Waals surface area contributed by atoms with Crippen molar-refractivity contribution >= 4 is 12.0 Å². The third-order valence-corrected chi connectivity index (χ3v) is 4.11. The Hall–Kier alpha value is -1.34. The first-order valence-corrected chi connectivity index (χ1v) is 6.86. The van der Waals surface area contributed by atoms with Crippen molar-refractivity contribution < 1.29 is 24.5 Å². The van der Waals surface area contributed by atoms with E-state index in [-0.39, 0.29) is 25.8 Å². The van der Waals surface area contributed by atoms with Gasteiger partial charge in [-0.25, -0.2) is 4.79 Å². The van der Waals surface area contributed by atoms with Gasteiger partial charge in [-0.1, -0.05) is 0 Å². The van der Waals surface area contributed by atoms with Gasteiger partial charge in [-0.2, -0.15) is 0 Å². The fourth-order valence-corrected chi connectivity index (χ4v) is 2.91. The van der Waals surface area contributed by atoms with Gasteiger partial charge in [0.25, 0.3) is 0 Å². The van der Waals surface area contributed by atoms with E-state index in [9.17, 15) is 14.7 Å². The van der Waals surface area contributed by atoms with Gasteiger partial charge in [-0.15, -0.1) is 0 Å². The number of aliphatic carboxylic acids is 1. The molecule has 0 aliphatic carbocycles. The highest BCUT2D eigenvalue weighted by molar-refractivity contribution is 5.77. The number of carbonyl (C=O) groups excluding carboxylic acids is 1. The van der Waals surface area contributed by atoms with Crippen molar-refractivity contribution in [2.24, 2.45) is 5.92 Å². The average Bonchev–Trinajstić information content (AvgIpc) is 2.85. The van der Waals surface area contributed by atoms with E-state index in [2.05, 4.69) is 0 Å². The molecule has 3 unspecified atom stereocenters. The van der Waals surface area contributed by atoms with Gasteiger partial charge in [0.15, 0.2) is 0 Å². The third-order valence-electron chi connectivity index (χ3n) is 4.11. The Morgan fingerprint density at radius 3 is 2.70 bits per heavy atom. The van der Waals surface area contributed by atoms with E-state index in [1.165, 1.54) is 4.90 Å². The minimum atomic E-state index is -0.946. The van der Waals surface area contributed by atoms with E-state index >= 15 is 0 Å². The largest absolute Gasteiger partial charge is 0.481 e. The van der Waals surface area contributed by atoms with Crippen LogP contribution in [0.3, 0.4) is 0 Å². The van der Waals surface area contributed by atoms with Crippen molar-refractivity contribution in [3.63, 3.8) is 0 Å². The van der Waals surface area contributed by atoms with E-state index in [1.807, 2.05) is 0 Å². The number of nitrogens with zero attached hydrogens (tertiary/aromatic N) is 2. The zero-order valence-electron chi connectivity index (χ0n) is 11.9. The Balaban J connectivity index is 2.03. The fourth-order valence-electron chi connectivity index (χ4n) is 2.91. The number of hydrogen-bond donors (Lipinski definition) is 2. The van der Waals surface area contributed by atoms with Crippen molar-refractivity contribution in [3.8, 4) is 0 Å². The number of rotatable bonds is 2. The van der Waals surface area contributed by atoms with Crippen molar-refractivity contribution in [2.45, 2.75) is 31.4 Å². The Morgan fingerprint density at radius 2 is 2.10 bits per heavy atom. The van der Waals surface area contributed by atoms with Gasteiger partial charge >= 0.3 is 12.0 Å². The van der Waals surface area contributed by atoms with E-state index in [4.69, 9.17) is 9.84 Å². The minimum absolute atomic E-state index is 0.134. The molecule has 2 saturated heterocycles. The summed E-state index contributed by atoms with van der Waals surface area (Å²) in [5.41, 5.74) is -0.868. The summed E-state index contributed by atoms with van der Waals surface area (Å²) in [5.74, 6) is -1.63. The Labute approximate surface area is 118 Å². The number of piperidine rings is 1. The fraction of sp³-hybridized carbons (Fsp3) is 0.846. The highest BCUT2D eigenvalue weighted by Gasteiger charge is 2.41. The molecule has 2 N–H and O–H groups in total. The van der Waals surface area contributed by atoms with Gasteiger partial charge in [-0.05, 0) is 19.8 Å². The second-order valence-corrected chi connectivity index (χ2v) is 5.97. The van der Waals surface area contributed by atoms with Crippen LogP contribution in [0.5, 0.6) is 0 Å². The van der Waals surface area contributed by atoms with Gasteiger partial charge in [0, 0.05) is 13.6 Å². The number of hydrogen-bond acceptors (Lipinski definition) is 4. The maximum atomic E-state index is 12.4. The lowest BCUT2D eigenvalue weighted by atomic mass is 9.95. The summed E-state index contributed by atoms with van der Waals surface area (Å²) in [6.07, 6.45) is 1.42. The lowest BCUT2D eigenvalue weighted by Gasteiger charge is -2.40. The lowest BCUT2D eigenvalue weighted by molar-refractivity contribution is -0.142. The molecule has 114 valence electrons. The lowest BCUT2D eigenvalue weighted by Crippen LogP contribution is -2.55. The van der Waals surface area contributed by atoms with Crippen LogP contribution in [-0.2, 0) is 9.53 Å². The molecule has 0 aromatic heterocycles. The van der Waals surface area contributed by atoms with Crippen LogP contribution >= 0.6 is 0 Å². The Kier molecular flexibility index (Phi) is 4.19. The molecule has 2 amide bonds.